The van der Waals surface area contributed by atoms with Crippen LogP contribution in [0.4, 0.5) is 0 Å². The summed E-state index contributed by atoms with van der Waals surface area (Å²) in [7, 11) is 0. The Balaban J connectivity index is 2.05. The van der Waals surface area contributed by atoms with Gasteiger partial charge in [-0.1, -0.05) is 29.8 Å². The Kier molecular flexibility index (Phi) is 3.31. The number of hydrogen-bond acceptors (Lipinski definition) is 4. The predicted molar refractivity (Wildman–Crippen MR) is 77.5 cm³/mol. The molecule has 1 N–H and O–H groups in total. The molecular weight excluding hydrogens is 324 g/mol. The van der Waals surface area contributed by atoms with Gasteiger partial charge in [-0.15, -0.1) is 0 Å². The van der Waals surface area contributed by atoms with Crippen LogP contribution in [-0.4, -0.2) is 40.3 Å². The van der Waals surface area contributed by atoms with Crippen molar-refractivity contribution in [2.45, 2.75) is 56.2 Å². The van der Waals surface area contributed by atoms with Crippen LogP contribution < -0.4 is 0 Å². The fraction of sp³-hybridized carbons (Fsp3) is 0.800. The highest BCUT2D eigenvalue weighted by Gasteiger charge is 2.57. The molecule has 3 rings (SSSR count). The molecule has 5 heteroatoms. The molecule has 0 radical (unpaired) electrons. The number of hydrogen-bond donors (Lipinski definition) is 1. The number of rotatable bonds is 0. The molecule has 1 aliphatic carbocycles. The maximum Gasteiger partial charge on any atom is 0.336 e. The zero-order valence-corrected chi connectivity index (χ0v) is 13.6. The molecule has 4 nitrogen and oxygen atoms in total. The number of cyclic esters (lactones) is 1. The Bertz CT molecular complexity index is 472. The van der Waals surface area contributed by atoms with Gasteiger partial charge in [0.25, 0.3) is 0 Å². The van der Waals surface area contributed by atoms with Gasteiger partial charge in [-0.2, -0.15) is 0 Å². The van der Waals surface area contributed by atoms with E-state index in [1.807, 2.05) is 0 Å². The third kappa shape index (κ3) is 1.97. The zero-order valence-electron chi connectivity index (χ0n) is 12.1. The highest BCUT2D eigenvalue weighted by Crippen LogP contribution is 2.54. The van der Waals surface area contributed by atoms with Gasteiger partial charge in [-0.3, -0.25) is 0 Å². The largest absolute Gasteiger partial charge is 0.459 e. The highest BCUT2D eigenvalue weighted by atomic mass is 79.9. The van der Waals surface area contributed by atoms with E-state index in [4.69, 9.17) is 9.47 Å². The molecule has 0 bridgehead atoms. The van der Waals surface area contributed by atoms with Gasteiger partial charge in [0, 0.05) is 10.7 Å². The number of esters is 1. The van der Waals surface area contributed by atoms with Crippen LogP contribution in [-0.2, 0) is 14.3 Å². The van der Waals surface area contributed by atoms with Crippen molar-refractivity contribution in [3.05, 3.63) is 11.6 Å². The number of alkyl halides is 1. The summed E-state index contributed by atoms with van der Waals surface area (Å²) in [4.78, 5) is 12.1. The van der Waals surface area contributed by atoms with Crippen LogP contribution in [0.3, 0.4) is 0 Å². The number of carbonyl (C=O) groups is 1. The van der Waals surface area contributed by atoms with Crippen molar-refractivity contribution >= 4 is 21.9 Å². The first-order valence-corrected chi connectivity index (χ1v) is 8.06. The maximum absolute atomic E-state index is 11.8. The Morgan fingerprint density at radius 1 is 1.40 bits per heavy atom. The minimum absolute atomic E-state index is 0.0565. The predicted octanol–water partition coefficient (Wildman–Crippen LogP) is 2.19. The van der Waals surface area contributed by atoms with Crippen LogP contribution in [0.2, 0.25) is 0 Å². The van der Waals surface area contributed by atoms with Gasteiger partial charge in [0.2, 0.25) is 0 Å². The molecule has 1 saturated heterocycles. The molecule has 20 heavy (non-hydrogen) atoms. The molecule has 3 aliphatic rings. The smallest absolute Gasteiger partial charge is 0.336 e. The highest BCUT2D eigenvalue weighted by molar-refractivity contribution is 9.09. The van der Waals surface area contributed by atoms with Crippen molar-refractivity contribution in [2.75, 3.05) is 6.61 Å². The molecule has 2 aliphatic heterocycles. The van der Waals surface area contributed by atoms with E-state index in [0.717, 1.165) is 12.8 Å². The van der Waals surface area contributed by atoms with Gasteiger partial charge in [-0.05, 0) is 31.3 Å². The third-order valence-electron chi connectivity index (χ3n) is 5.21. The number of fused-ring (bicyclic) bond motifs is 2. The lowest BCUT2D eigenvalue weighted by molar-refractivity contribution is -0.173. The van der Waals surface area contributed by atoms with E-state index in [1.165, 1.54) is 0 Å². The van der Waals surface area contributed by atoms with Gasteiger partial charge >= 0.3 is 5.97 Å². The van der Waals surface area contributed by atoms with E-state index in [1.54, 1.807) is 6.08 Å². The summed E-state index contributed by atoms with van der Waals surface area (Å²) in [5.41, 5.74) is -0.0779. The quantitative estimate of drug-likeness (QED) is 0.540. The Labute approximate surface area is 127 Å². The number of carbonyl (C=O) groups excluding carboxylic acids is 1. The number of aliphatic hydroxyl groups is 1. The minimum atomic E-state index is -0.694. The minimum Gasteiger partial charge on any atom is -0.459 e. The summed E-state index contributed by atoms with van der Waals surface area (Å²) in [6.45, 7) is 6.62. The van der Waals surface area contributed by atoms with E-state index in [0.29, 0.717) is 10.4 Å². The molecular formula is C15H21BrO4. The van der Waals surface area contributed by atoms with E-state index < -0.39 is 11.7 Å². The van der Waals surface area contributed by atoms with E-state index in [9.17, 15) is 9.90 Å². The summed E-state index contributed by atoms with van der Waals surface area (Å²) < 4.78 is 11.3. The zero-order chi connectivity index (χ0) is 14.7. The van der Waals surface area contributed by atoms with Gasteiger partial charge in [-0.25, -0.2) is 4.79 Å². The first-order chi connectivity index (χ1) is 9.25. The van der Waals surface area contributed by atoms with Crippen molar-refractivity contribution in [3.8, 4) is 0 Å². The standard InChI is InChI=1S/C15H21BrO4/c1-14(2)11(16)4-5-15(3)12(14)9(17)6-8-10(20-15)7-19-13(8)18/h6,9-12,17H,4-5,7H2,1-3H3/t9-,10-,11-,12-,15-/m0/s1. The lowest BCUT2D eigenvalue weighted by Gasteiger charge is -2.53. The molecule has 2 fully saturated rings. The fourth-order valence-electron chi connectivity index (χ4n) is 4.19. The normalized spacial score (nSPS) is 46.9. The van der Waals surface area contributed by atoms with Crippen molar-refractivity contribution in [1.29, 1.82) is 0 Å². The molecule has 0 aromatic carbocycles. The molecule has 0 amide bonds. The van der Waals surface area contributed by atoms with Gasteiger partial charge in [0.1, 0.15) is 12.7 Å². The van der Waals surface area contributed by atoms with Crippen molar-refractivity contribution in [2.24, 2.45) is 11.3 Å². The second kappa shape index (κ2) is 4.55. The fourth-order valence-corrected chi connectivity index (χ4v) is 4.70. The lowest BCUT2D eigenvalue weighted by Crippen LogP contribution is -2.57. The average Bonchev–Trinajstić information content (AvgIpc) is 2.60. The topological polar surface area (TPSA) is 55.8 Å². The number of ether oxygens (including phenoxy) is 2. The number of aliphatic hydroxyl groups excluding tert-OH is 1. The van der Waals surface area contributed by atoms with Gasteiger partial charge in [0.05, 0.1) is 17.3 Å². The SMILES string of the molecule is CC1(C)[C@@H](Br)CC[C@]2(C)O[C@H]3COC(=O)C3=C[C@H](O)[C@@H]12. The lowest BCUT2D eigenvalue weighted by atomic mass is 9.59. The summed E-state index contributed by atoms with van der Waals surface area (Å²) in [5, 5.41) is 10.7. The second-order valence-electron chi connectivity index (χ2n) is 6.94. The van der Waals surface area contributed by atoms with Crippen molar-refractivity contribution in [1.82, 2.24) is 0 Å². The molecule has 5 atom stereocenters. The summed E-state index contributed by atoms with van der Waals surface area (Å²) in [6, 6.07) is 0. The van der Waals surface area contributed by atoms with Gasteiger partial charge < -0.3 is 14.6 Å². The van der Waals surface area contributed by atoms with Crippen LogP contribution in [0, 0.1) is 11.3 Å². The van der Waals surface area contributed by atoms with Crippen LogP contribution >= 0.6 is 15.9 Å². The molecule has 0 aromatic heterocycles. The molecule has 0 unspecified atom stereocenters. The molecule has 1 saturated carbocycles. The molecule has 112 valence electrons. The summed E-state index contributed by atoms with van der Waals surface area (Å²) in [6.07, 6.45) is 2.47. The first-order valence-electron chi connectivity index (χ1n) is 7.14. The van der Waals surface area contributed by atoms with Gasteiger partial charge in [0.15, 0.2) is 0 Å². The first kappa shape index (κ1) is 14.5. The average molecular weight is 345 g/mol. The Hall–Kier alpha value is -0.390. The van der Waals surface area contributed by atoms with Crippen molar-refractivity contribution < 1.29 is 19.4 Å². The van der Waals surface area contributed by atoms with Crippen LogP contribution in [0.15, 0.2) is 11.6 Å². The van der Waals surface area contributed by atoms with E-state index >= 15 is 0 Å². The summed E-state index contributed by atoms with van der Waals surface area (Å²) >= 11 is 3.74. The molecule has 0 aromatic rings. The Morgan fingerprint density at radius 2 is 2.10 bits per heavy atom. The molecule has 0 spiro atoms. The third-order valence-corrected chi connectivity index (χ3v) is 6.85. The monoisotopic (exact) mass is 344 g/mol. The summed E-state index contributed by atoms with van der Waals surface area (Å²) in [5.74, 6) is -0.413. The van der Waals surface area contributed by atoms with Crippen LogP contribution in [0.5, 0.6) is 0 Å². The van der Waals surface area contributed by atoms with Crippen LogP contribution in [0.25, 0.3) is 0 Å². The Morgan fingerprint density at radius 3 is 2.80 bits per heavy atom. The van der Waals surface area contributed by atoms with Crippen molar-refractivity contribution in [3.63, 3.8) is 0 Å². The van der Waals surface area contributed by atoms with Crippen LogP contribution in [0.1, 0.15) is 33.6 Å². The van der Waals surface area contributed by atoms with E-state index in [-0.39, 0.29) is 30.0 Å². The maximum atomic E-state index is 11.8. The number of halogens is 1. The van der Waals surface area contributed by atoms with E-state index in [2.05, 4.69) is 36.7 Å². The molecule has 2 heterocycles. The second-order valence-corrected chi connectivity index (χ2v) is 8.04.